The number of amides is 1. The molecule has 10 heteroatoms. The topological polar surface area (TPSA) is 106 Å². The quantitative estimate of drug-likeness (QED) is 0.506. The van der Waals surface area contributed by atoms with E-state index in [1.165, 1.54) is 19.2 Å². The molecule has 0 bridgehead atoms. The molecular weight excluding hydrogens is 364 g/mol. The maximum atomic E-state index is 12.4. The third kappa shape index (κ3) is 5.72. The maximum Gasteiger partial charge on any atom is 0.286 e. The molecule has 9 nitrogen and oxygen atoms in total. The third-order valence-electron chi connectivity index (χ3n) is 3.95. The van der Waals surface area contributed by atoms with Crippen molar-refractivity contribution in [1.29, 1.82) is 0 Å². The first-order valence-corrected chi connectivity index (χ1v) is 8.27. The van der Waals surface area contributed by atoms with Gasteiger partial charge in [-0.3, -0.25) is 19.8 Å². The normalized spacial score (nSPS) is 14.2. The lowest BCUT2D eigenvalue weighted by molar-refractivity contribution is -0.385. The van der Waals surface area contributed by atoms with Gasteiger partial charge < -0.3 is 20.1 Å². The lowest BCUT2D eigenvalue weighted by atomic mass is 10.1. The largest absolute Gasteiger partial charge is 0.493 e. The Morgan fingerprint density at radius 2 is 2.04 bits per heavy atom. The van der Waals surface area contributed by atoms with Crippen LogP contribution in [-0.2, 0) is 0 Å². The summed E-state index contributed by atoms with van der Waals surface area (Å²) in [4.78, 5) is 25.4. The van der Waals surface area contributed by atoms with Crippen LogP contribution in [0.5, 0.6) is 11.5 Å². The molecule has 0 spiro atoms. The zero-order valence-electron chi connectivity index (χ0n) is 14.9. The molecule has 1 aromatic carbocycles. The zero-order valence-corrected chi connectivity index (χ0v) is 15.8. The van der Waals surface area contributed by atoms with Crippen LogP contribution in [0.2, 0.25) is 0 Å². The van der Waals surface area contributed by atoms with Crippen molar-refractivity contribution in [1.82, 2.24) is 15.5 Å². The van der Waals surface area contributed by atoms with Gasteiger partial charge in [0.05, 0.1) is 24.7 Å². The summed E-state index contributed by atoms with van der Waals surface area (Å²) in [6.45, 7) is 6.97. The van der Waals surface area contributed by atoms with E-state index >= 15 is 0 Å². The molecule has 26 heavy (non-hydrogen) atoms. The van der Waals surface area contributed by atoms with Gasteiger partial charge in [-0.05, 0) is 6.92 Å². The number of hydrogen-bond acceptors (Lipinski definition) is 7. The van der Waals surface area contributed by atoms with Gasteiger partial charge in [-0.15, -0.1) is 12.4 Å². The van der Waals surface area contributed by atoms with Gasteiger partial charge in [0.2, 0.25) is 0 Å². The van der Waals surface area contributed by atoms with Gasteiger partial charge in [0.1, 0.15) is 5.56 Å². The highest BCUT2D eigenvalue weighted by molar-refractivity contribution is 5.99. The highest BCUT2D eigenvalue weighted by Gasteiger charge is 2.24. The van der Waals surface area contributed by atoms with E-state index in [1.807, 2.05) is 0 Å². The molecule has 1 aromatic rings. The SMILES string of the molecule is CCOc1cc(C(=O)NCCN2CCNCC2)c([N+](=O)[O-])cc1OC.Cl. The number of ether oxygens (including phenoxy) is 2. The fourth-order valence-corrected chi connectivity index (χ4v) is 2.67. The average molecular weight is 389 g/mol. The number of nitro groups is 1. The molecule has 2 rings (SSSR count). The van der Waals surface area contributed by atoms with E-state index in [0.717, 1.165) is 26.2 Å². The molecule has 2 N–H and O–H groups in total. The fourth-order valence-electron chi connectivity index (χ4n) is 2.67. The summed E-state index contributed by atoms with van der Waals surface area (Å²) < 4.78 is 10.5. The molecule has 0 radical (unpaired) electrons. The molecule has 0 atom stereocenters. The van der Waals surface area contributed by atoms with Crippen LogP contribution < -0.4 is 20.1 Å². The number of benzene rings is 1. The predicted octanol–water partition coefficient (Wildman–Crippen LogP) is 1.06. The highest BCUT2D eigenvalue weighted by Crippen LogP contribution is 2.34. The number of carbonyl (C=O) groups excluding carboxylic acids is 1. The number of nitrogens with zero attached hydrogens (tertiary/aromatic N) is 2. The van der Waals surface area contributed by atoms with Gasteiger partial charge in [-0.25, -0.2) is 0 Å². The standard InChI is InChI=1S/C16H24N4O5.ClH/c1-3-25-15-10-12(13(20(22)23)11-14(15)24-2)16(21)18-6-9-19-7-4-17-5-8-19;/h10-11,17H,3-9H2,1-2H3,(H,18,21);1H. The summed E-state index contributed by atoms with van der Waals surface area (Å²) in [5, 5.41) is 17.3. The van der Waals surface area contributed by atoms with E-state index in [1.54, 1.807) is 6.92 Å². The van der Waals surface area contributed by atoms with E-state index in [0.29, 0.717) is 25.4 Å². The molecular formula is C16H25ClN4O5. The van der Waals surface area contributed by atoms with Crippen molar-refractivity contribution in [2.24, 2.45) is 0 Å². The number of nitro benzene ring substituents is 1. The van der Waals surface area contributed by atoms with Gasteiger partial charge >= 0.3 is 0 Å². The first kappa shape index (κ1) is 21.9. The van der Waals surface area contributed by atoms with Crippen LogP contribution in [0.4, 0.5) is 5.69 Å². The molecule has 1 heterocycles. The Morgan fingerprint density at radius 1 is 1.35 bits per heavy atom. The van der Waals surface area contributed by atoms with E-state index in [9.17, 15) is 14.9 Å². The Kier molecular flexibility index (Phi) is 9.11. The summed E-state index contributed by atoms with van der Waals surface area (Å²) in [5.41, 5.74) is -0.338. The number of nitrogens with one attached hydrogen (secondary N) is 2. The summed E-state index contributed by atoms with van der Waals surface area (Å²) in [6.07, 6.45) is 0. The van der Waals surface area contributed by atoms with Crippen molar-refractivity contribution in [3.63, 3.8) is 0 Å². The van der Waals surface area contributed by atoms with Gasteiger partial charge in [0.25, 0.3) is 11.6 Å². The smallest absolute Gasteiger partial charge is 0.286 e. The van der Waals surface area contributed by atoms with Crippen LogP contribution in [0, 0.1) is 10.1 Å². The van der Waals surface area contributed by atoms with Crippen LogP contribution in [0.3, 0.4) is 0 Å². The maximum absolute atomic E-state index is 12.4. The number of methoxy groups -OCH3 is 1. The van der Waals surface area contributed by atoms with Crippen LogP contribution in [0.25, 0.3) is 0 Å². The van der Waals surface area contributed by atoms with Crippen LogP contribution in [-0.4, -0.2) is 68.7 Å². The lowest BCUT2D eigenvalue weighted by Gasteiger charge is -2.27. The highest BCUT2D eigenvalue weighted by atomic mass is 35.5. The molecule has 0 saturated carbocycles. The molecule has 1 fully saturated rings. The van der Waals surface area contributed by atoms with E-state index in [-0.39, 0.29) is 29.4 Å². The minimum Gasteiger partial charge on any atom is -0.493 e. The second kappa shape index (κ2) is 10.8. The van der Waals surface area contributed by atoms with Crippen molar-refractivity contribution >= 4 is 24.0 Å². The number of carbonyl (C=O) groups is 1. The van der Waals surface area contributed by atoms with Gasteiger partial charge in [0.15, 0.2) is 11.5 Å². The Morgan fingerprint density at radius 3 is 2.62 bits per heavy atom. The van der Waals surface area contributed by atoms with Gasteiger partial charge in [0, 0.05) is 45.3 Å². The first-order valence-electron chi connectivity index (χ1n) is 8.27. The van der Waals surface area contributed by atoms with Crippen molar-refractivity contribution in [2.75, 3.05) is 53.0 Å². The number of rotatable bonds is 8. The monoisotopic (exact) mass is 388 g/mol. The summed E-state index contributed by atoms with van der Waals surface area (Å²) in [5.74, 6) is 0.0409. The summed E-state index contributed by atoms with van der Waals surface area (Å²) >= 11 is 0. The number of halogens is 1. The minimum atomic E-state index is -0.594. The number of piperazine rings is 1. The zero-order chi connectivity index (χ0) is 18.2. The molecule has 0 unspecified atom stereocenters. The van der Waals surface area contributed by atoms with Crippen molar-refractivity contribution in [3.8, 4) is 11.5 Å². The minimum absolute atomic E-state index is 0. The van der Waals surface area contributed by atoms with Gasteiger partial charge in [-0.2, -0.15) is 0 Å². The second-order valence-electron chi connectivity index (χ2n) is 5.56. The van der Waals surface area contributed by atoms with E-state index in [2.05, 4.69) is 15.5 Å². The average Bonchev–Trinajstić information content (AvgIpc) is 2.62. The molecule has 0 aromatic heterocycles. The van der Waals surface area contributed by atoms with Crippen molar-refractivity contribution in [3.05, 3.63) is 27.8 Å². The Balaban J connectivity index is 0.00000338. The lowest BCUT2D eigenvalue weighted by Crippen LogP contribution is -2.46. The molecule has 0 aliphatic carbocycles. The van der Waals surface area contributed by atoms with Crippen LogP contribution in [0.15, 0.2) is 12.1 Å². The fraction of sp³-hybridized carbons (Fsp3) is 0.562. The van der Waals surface area contributed by atoms with E-state index in [4.69, 9.17) is 9.47 Å². The Bertz CT molecular complexity index is 623. The predicted molar refractivity (Wildman–Crippen MR) is 99.7 cm³/mol. The number of hydrogen-bond donors (Lipinski definition) is 2. The molecule has 146 valence electrons. The van der Waals surface area contributed by atoms with Crippen LogP contribution in [0.1, 0.15) is 17.3 Å². The summed E-state index contributed by atoms with van der Waals surface area (Å²) in [7, 11) is 1.40. The van der Waals surface area contributed by atoms with E-state index < -0.39 is 10.8 Å². The Labute approximate surface area is 158 Å². The molecule has 1 saturated heterocycles. The first-order chi connectivity index (χ1) is 12.1. The molecule has 1 aliphatic heterocycles. The molecule has 1 aliphatic rings. The Hall–Kier alpha value is -2.10. The second-order valence-corrected chi connectivity index (χ2v) is 5.56. The van der Waals surface area contributed by atoms with Gasteiger partial charge in [-0.1, -0.05) is 0 Å². The molecule has 1 amide bonds. The summed E-state index contributed by atoms with van der Waals surface area (Å²) in [6, 6.07) is 2.58. The van der Waals surface area contributed by atoms with Crippen LogP contribution >= 0.6 is 12.4 Å². The third-order valence-corrected chi connectivity index (χ3v) is 3.95. The van der Waals surface area contributed by atoms with Crippen molar-refractivity contribution in [2.45, 2.75) is 6.92 Å². The van der Waals surface area contributed by atoms with Crippen molar-refractivity contribution < 1.29 is 19.2 Å².